The molecule has 0 fully saturated rings. The van der Waals surface area contributed by atoms with Crippen molar-refractivity contribution >= 4 is 27.6 Å². The summed E-state index contributed by atoms with van der Waals surface area (Å²) < 4.78 is 26.9. The van der Waals surface area contributed by atoms with Gasteiger partial charge in [-0.25, -0.2) is 19.5 Å². The number of anilines is 1. The molecular formula is C19H25N5O4S. The number of carbonyl (C=O) groups is 2. The van der Waals surface area contributed by atoms with Crippen LogP contribution in [0.5, 0.6) is 0 Å². The number of amides is 3. The quantitative estimate of drug-likeness (QED) is 0.617. The highest BCUT2D eigenvalue weighted by atomic mass is 32.2. The van der Waals surface area contributed by atoms with Gasteiger partial charge >= 0.3 is 16.1 Å². The molecule has 0 aliphatic rings. The molecule has 3 amide bonds. The minimum Gasteiger partial charge on any atom is -0.354 e. The summed E-state index contributed by atoms with van der Waals surface area (Å²) in [6, 6.07) is 6.01. The fourth-order valence-electron chi connectivity index (χ4n) is 2.73. The SMILES string of the molecule is CNC(=O)c1ccnc(S(=O)(=O)NC(=O)Nc2c(C(C)C)cccc2C(C)C)n1. The third-order valence-electron chi connectivity index (χ3n) is 4.17. The zero-order valence-corrected chi connectivity index (χ0v) is 17.8. The van der Waals surface area contributed by atoms with Crippen LogP contribution in [0, 0.1) is 0 Å². The second kappa shape index (κ2) is 8.99. The number of carbonyl (C=O) groups excluding carboxylic acids is 2. The monoisotopic (exact) mass is 419 g/mol. The Bertz CT molecular complexity index is 993. The maximum atomic E-state index is 12.5. The molecule has 0 saturated heterocycles. The van der Waals surface area contributed by atoms with E-state index in [1.807, 2.05) is 50.6 Å². The van der Waals surface area contributed by atoms with Crippen LogP contribution >= 0.6 is 0 Å². The van der Waals surface area contributed by atoms with Gasteiger partial charge in [0.05, 0.1) is 0 Å². The molecule has 2 rings (SSSR count). The molecule has 1 heterocycles. The van der Waals surface area contributed by atoms with E-state index in [-0.39, 0.29) is 17.5 Å². The lowest BCUT2D eigenvalue weighted by Crippen LogP contribution is -2.36. The van der Waals surface area contributed by atoms with Gasteiger partial charge in [-0.1, -0.05) is 45.9 Å². The number of hydrogen-bond donors (Lipinski definition) is 3. The number of rotatable bonds is 6. The summed E-state index contributed by atoms with van der Waals surface area (Å²) >= 11 is 0. The lowest BCUT2D eigenvalue weighted by atomic mass is 9.93. The van der Waals surface area contributed by atoms with E-state index in [1.165, 1.54) is 13.1 Å². The number of nitrogens with one attached hydrogen (secondary N) is 3. The minimum atomic E-state index is -4.37. The van der Waals surface area contributed by atoms with Crippen LogP contribution in [0.2, 0.25) is 0 Å². The minimum absolute atomic E-state index is 0.119. The average Bonchev–Trinajstić information content (AvgIpc) is 2.66. The maximum Gasteiger partial charge on any atom is 0.333 e. The predicted octanol–water partition coefficient (Wildman–Crippen LogP) is 2.59. The van der Waals surface area contributed by atoms with Crippen LogP contribution in [0.15, 0.2) is 35.6 Å². The van der Waals surface area contributed by atoms with E-state index in [9.17, 15) is 18.0 Å². The number of sulfonamides is 1. The molecule has 0 aliphatic carbocycles. The summed E-state index contributed by atoms with van der Waals surface area (Å²) in [5.74, 6) is -0.331. The van der Waals surface area contributed by atoms with Gasteiger partial charge in [-0.15, -0.1) is 0 Å². The normalized spacial score (nSPS) is 11.4. The van der Waals surface area contributed by atoms with Crippen LogP contribution < -0.4 is 15.4 Å². The Morgan fingerprint density at radius 3 is 2.10 bits per heavy atom. The summed E-state index contributed by atoms with van der Waals surface area (Å²) in [5, 5.41) is 4.32. The number of para-hydroxylation sites is 1. The van der Waals surface area contributed by atoms with Gasteiger partial charge in [0, 0.05) is 18.9 Å². The Kier molecular flexibility index (Phi) is 6.91. The molecule has 0 aliphatic heterocycles. The van der Waals surface area contributed by atoms with Crippen molar-refractivity contribution in [1.82, 2.24) is 20.0 Å². The van der Waals surface area contributed by atoms with Crippen molar-refractivity contribution < 1.29 is 18.0 Å². The predicted molar refractivity (Wildman–Crippen MR) is 109 cm³/mol. The van der Waals surface area contributed by atoms with E-state index in [1.54, 1.807) is 0 Å². The van der Waals surface area contributed by atoms with Gasteiger partial charge < -0.3 is 10.6 Å². The zero-order valence-electron chi connectivity index (χ0n) is 17.0. The Hall–Kier alpha value is -3.01. The number of benzene rings is 1. The maximum absolute atomic E-state index is 12.5. The van der Waals surface area contributed by atoms with Crippen LogP contribution in [0.3, 0.4) is 0 Å². The molecule has 0 bridgehead atoms. The molecule has 156 valence electrons. The third-order valence-corrected chi connectivity index (χ3v) is 5.30. The van der Waals surface area contributed by atoms with Gasteiger partial charge in [-0.2, -0.15) is 8.42 Å². The molecule has 0 saturated carbocycles. The molecule has 0 unspecified atom stereocenters. The molecule has 3 N–H and O–H groups in total. The van der Waals surface area contributed by atoms with Gasteiger partial charge in [0.1, 0.15) is 5.69 Å². The van der Waals surface area contributed by atoms with Crippen LogP contribution in [0.4, 0.5) is 10.5 Å². The average molecular weight is 420 g/mol. The standard InChI is InChI=1S/C19H25N5O4S/c1-11(2)13-7-6-8-14(12(3)4)16(13)23-18(26)24-29(27,28)19-21-10-9-15(22-19)17(25)20-5/h6-12H,1-5H3,(H,20,25)(H2,23,24,26). The number of urea groups is 1. The fraction of sp³-hybridized carbons (Fsp3) is 0.368. The molecule has 29 heavy (non-hydrogen) atoms. The molecule has 10 heteroatoms. The topological polar surface area (TPSA) is 130 Å². The van der Waals surface area contributed by atoms with Gasteiger partial charge in [-0.05, 0) is 29.0 Å². The number of aromatic nitrogens is 2. The van der Waals surface area contributed by atoms with E-state index >= 15 is 0 Å². The Morgan fingerprint density at radius 1 is 1.00 bits per heavy atom. The molecule has 0 spiro atoms. The van der Waals surface area contributed by atoms with E-state index in [0.29, 0.717) is 5.69 Å². The Morgan fingerprint density at radius 2 is 1.59 bits per heavy atom. The van der Waals surface area contributed by atoms with Crippen molar-refractivity contribution in [3.05, 3.63) is 47.3 Å². The summed E-state index contributed by atoms with van der Waals surface area (Å²) in [5.41, 5.74) is 2.23. The molecule has 1 aromatic heterocycles. The van der Waals surface area contributed by atoms with Crippen molar-refractivity contribution in [1.29, 1.82) is 0 Å². The smallest absolute Gasteiger partial charge is 0.333 e. The van der Waals surface area contributed by atoms with Crippen LogP contribution in [0.1, 0.15) is 61.1 Å². The van der Waals surface area contributed by atoms with E-state index in [2.05, 4.69) is 20.6 Å². The van der Waals surface area contributed by atoms with E-state index in [0.717, 1.165) is 17.3 Å². The van der Waals surface area contributed by atoms with Crippen molar-refractivity contribution in [3.8, 4) is 0 Å². The van der Waals surface area contributed by atoms with Crippen molar-refractivity contribution in [2.24, 2.45) is 0 Å². The fourth-order valence-corrected chi connectivity index (χ4v) is 3.53. The molecule has 2 aromatic rings. The van der Waals surface area contributed by atoms with Crippen LogP contribution in [0.25, 0.3) is 0 Å². The molecule has 0 radical (unpaired) electrons. The Labute approximate surface area is 170 Å². The Balaban J connectivity index is 2.31. The van der Waals surface area contributed by atoms with Crippen molar-refractivity contribution in [2.45, 2.75) is 44.7 Å². The number of hydrogen-bond acceptors (Lipinski definition) is 6. The first-order valence-corrected chi connectivity index (χ1v) is 10.6. The largest absolute Gasteiger partial charge is 0.354 e. The van der Waals surface area contributed by atoms with Gasteiger partial charge in [0.25, 0.3) is 11.1 Å². The highest BCUT2D eigenvalue weighted by Crippen LogP contribution is 2.32. The highest BCUT2D eigenvalue weighted by molar-refractivity contribution is 7.89. The summed E-state index contributed by atoms with van der Waals surface area (Å²) in [6.45, 7) is 7.93. The van der Waals surface area contributed by atoms with Crippen molar-refractivity contribution in [3.63, 3.8) is 0 Å². The zero-order chi connectivity index (χ0) is 21.8. The second-order valence-corrected chi connectivity index (χ2v) is 8.56. The number of nitrogens with zero attached hydrogens (tertiary/aromatic N) is 2. The van der Waals surface area contributed by atoms with Gasteiger partial charge in [0.15, 0.2) is 0 Å². The van der Waals surface area contributed by atoms with Crippen molar-refractivity contribution in [2.75, 3.05) is 12.4 Å². The summed E-state index contributed by atoms with van der Waals surface area (Å²) in [6.07, 6.45) is 1.13. The first kappa shape index (κ1) is 22.3. The molecular weight excluding hydrogens is 394 g/mol. The molecule has 0 atom stereocenters. The van der Waals surface area contributed by atoms with E-state index < -0.39 is 27.1 Å². The summed E-state index contributed by atoms with van der Waals surface area (Å²) in [4.78, 5) is 31.5. The van der Waals surface area contributed by atoms with Gasteiger partial charge in [0.2, 0.25) is 0 Å². The first-order valence-electron chi connectivity index (χ1n) is 9.08. The van der Waals surface area contributed by atoms with E-state index in [4.69, 9.17) is 0 Å². The lowest BCUT2D eigenvalue weighted by Gasteiger charge is -2.20. The second-order valence-electron chi connectivity index (χ2n) is 6.98. The molecule has 9 nitrogen and oxygen atoms in total. The third kappa shape index (κ3) is 5.29. The lowest BCUT2D eigenvalue weighted by molar-refractivity contribution is 0.0957. The molecule has 1 aromatic carbocycles. The first-order chi connectivity index (χ1) is 13.6. The highest BCUT2D eigenvalue weighted by Gasteiger charge is 2.24. The van der Waals surface area contributed by atoms with Gasteiger partial charge in [-0.3, -0.25) is 4.79 Å². The van der Waals surface area contributed by atoms with Crippen LogP contribution in [-0.4, -0.2) is 37.4 Å². The summed E-state index contributed by atoms with van der Waals surface area (Å²) in [7, 11) is -2.98. The van der Waals surface area contributed by atoms with Crippen LogP contribution in [-0.2, 0) is 10.0 Å².